The van der Waals surface area contributed by atoms with Gasteiger partial charge in [-0.25, -0.2) is 5.10 Å². The highest BCUT2D eigenvalue weighted by Crippen LogP contribution is 2.64. The van der Waals surface area contributed by atoms with Gasteiger partial charge in [0.15, 0.2) is 0 Å². The molecule has 0 atom stereocenters. The third-order valence-electron chi connectivity index (χ3n) is 5.96. The van der Waals surface area contributed by atoms with E-state index in [1.54, 1.807) is 0 Å². The first-order valence-electron chi connectivity index (χ1n) is 9.11. The molecular formula is C19H19N5O2S. The molecule has 0 saturated heterocycles. The maximum absolute atomic E-state index is 12.4. The van der Waals surface area contributed by atoms with Crippen LogP contribution in [0.1, 0.15) is 42.3 Å². The molecule has 2 aliphatic carbocycles. The molecule has 138 valence electrons. The second kappa shape index (κ2) is 5.95. The molecule has 1 spiro atoms. The predicted molar refractivity (Wildman–Crippen MR) is 103 cm³/mol. The number of aromatic nitrogens is 4. The number of anilines is 1. The molecule has 2 fully saturated rings. The molecule has 2 heterocycles. The lowest BCUT2D eigenvalue weighted by Crippen LogP contribution is -2.50. The number of hydrogen-bond donors (Lipinski definition) is 2. The fraction of sp³-hybridized carbons (Fsp3) is 0.421. The zero-order valence-corrected chi connectivity index (χ0v) is 15.7. The Morgan fingerprint density at radius 3 is 2.63 bits per heavy atom. The number of rotatable bonds is 3. The first-order valence-corrected chi connectivity index (χ1v) is 9.93. The van der Waals surface area contributed by atoms with E-state index in [0.717, 1.165) is 41.8 Å². The largest absolute Gasteiger partial charge is 0.300 e. The molecule has 2 aliphatic rings. The quantitative estimate of drug-likeness (QED) is 0.726. The van der Waals surface area contributed by atoms with Gasteiger partial charge in [0.2, 0.25) is 11.0 Å². The minimum atomic E-state index is -0.143. The van der Waals surface area contributed by atoms with Crippen molar-refractivity contribution in [1.29, 1.82) is 0 Å². The van der Waals surface area contributed by atoms with Gasteiger partial charge in [-0.1, -0.05) is 29.5 Å². The fourth-order valence-electron chi connectivity index (χ4n) is 4.68. The topological polar surface area (TPSA) is 101 Å². The van der Waals surface area contributed by atoms with Crippen molar-refractivity contribution in [2.24, 2.45) is 11.3 Å². The number of nitrogens with zero attached hydrogens (tertiary/aromatic N) is 3. The van der Waals surface area contributed by atoms with Crippen molar-refractivity contribution >= 4 is 33.1 Å². The van der Waals surface area contributed by atoms with Gasteiger partial charge in [0.25, 0.3) is 5.56 Å². The van der Waals surface area contributed by atoms with Crippen LogP contribution in [0, 0.1) is 18.3 Å². The molecule has 2 aromatic heterocycles. The smallest absolute Gasteiger partial charge is 0.272 e. The van der Waals surface area contributed by atoms with Gasteiger partial charge in [-0.05, 0) is 44.1 Å². The second-order valence-corrected chi connectivity index (χ2v) is 8.99. The molecular weight excluding hydrogens is 362 g/mol. The van der Waals surface area contributed by atoms with E-state index < -0.39 is 0 Å². The summed E-state index contributed by atoms with van der Waals surface area (Å²) in [5.74, 6) is 0.449. The van der Waals surface area contributed by atoms with E-state index in [1.807, 2.05) is 31.2 Å². The monoisotopic (exact) mass is 381 g/mol. The molecule has 27 heavy (non-hydrogen) atoms. The number of hydrogen-bond acceptors (Lipinski definition) is 6. The Morgan fingerprint density at radius 2 is 1.93 bits per heavy atom. The summed E-state index contributed by atoms with van der Waals surface area (Å²) >= 11 is 1.40. The van der Waals surface area contributed by atoms with Gasteiger partial charge in [-0.3, -0.25) is 9.59 Å². The summed E-state index contributed by atoms with van der Waals surface area (Å²) in [4.78, 5) is 24.3. The van der Waals surface area contributed by atoms with Crippen molar-refractivity contribution in [2.75, 3.05) is 5.32 Å². The zero-order valence-electron chi connectivity index (χ0n) is 14.9. The van der Waals surface area contributed by atoms with E-state index in [-0.39, 0.29) is 22.8 Å². The highest BCUT2D eigenvalue weighted by molar-refractivity contribution is 7.15. The molecule has 5 rings (SSSR count). The molecule has 8 heteroatoms. The van der Waals surface area contributed by atoms with Crippen LogP contribution < -0.4 is 10.9 Å². The van der Waals surface area contributed by atoms with Gasteiger partial charge < -0.3 is 5.32 Å². The van der Waals surface area contributed by atoms with Crippen molar-refractivity contribution in [3.63, 3.8) is 0 Å². The first-order chi connectivity index (χ1) is 13.0. The van der Waals surface area contributed by atoms with Gasteiger partial charge >= 0.3 is 0 Å². The molecule has 2 N–H and O–H groups in total. The van der Waals surface area contributed by atoms with Crippen LogP contribution in [0.5, 0.6) is 0 Å². The van der Waals surface area contributed by atoms with Crippen LogP contribution in [0.25, 0.3) is 10.8 Å². The molecule has 0 bridgehead atoms. The number of amides is 1. The SMILES string of the molecule is Cc1nnc(NC(=O)C2CC3(C2)CC(c2n[nH]c(=O)c4ccccc24)C3)s1. The Kier molecular flexibility index (Phi) is 3.65. The number of aryl methyl sites for hydroxylation is 1. The molecule has 2 saturated carbocycles. The number of carbonyl (C=O) groups is 1. The van der Waals surface area contributed by atoms with Crippen LogP contribution in [-0.2, 0) is 4.79 Å². The Labute approximate surface area is 159 Å². The molecule has 1 aromatic carbocycles. The second-order valence-electron chi connectivity index (χ2n) is 7.81. The highest BCUT2D eigenvalue weighted by Gasteiger charge is 2.55. The number of benzene rings is 1. The minimum Gasteiger partial charge on any atom is -0.300 e. The lowest BCUT2D eigenvalue weighted by Gasteiger charge is -2.57. The summed E-state index contributed by atoms with van der Waals surface area (Å²) in [6.07, 6.45) is 3.87. The number of H-pyrrole nitrogens is 1. The van der Waals surface area contributed by atoms with E-state index in [9.17, 15) is 9.59 Å². The summed E-state index contributed by atoms with van der Waals surface area (Å²) in [6, 6.07) is 7.63. The fourth-order valence-corrected chi connectivity index (χ4v) is 5.28. The van der Waals surface area contributed by atoms with Crippen LogP contribution in [0.2, 0.25) is 0 Å². The van der Waals surface area contributed by atoms with Gasteiger partial charge in [0.1, 0.15) is 5.01 Å². The third kappa shape index (κ3) is 2.75. The molecule has 7 nitrogen and oxygen atoms in total. The highest BCUT2D eigenvalue weighted by atomic mass is 32.1. The van der Waals surface area contributed by atoms with Gasteiger partial charge in [-0.2, -0.15) is 5.10 Å². The molecule has 0 radical (unpaired) electrons. The standard InChI is InChI=1S/C19H19N5O2S/c1-10-21-24-18(27-10)20-16(25)12-8-19(9-12)6-11(7-19)15-13-4-2-3-5-14(13)17(26)23-22-15/h2-5,11-12H,6-9H2,1H3,(H,23,26)(H,20,24,25). The van der Waals surface area contributed by atoms with Crippen LogP contribution in [0.4, 0.5) is 5.13 Å². The van der Waals surface area contributed by atoms with Gasteiger partial charge in [-0.15, -0.1) is 10.2 Å². The molecule has 1 amide bonds. The van der Waals surface area contributed by atoms with E-state index >= 15 is 0 Å². The molecule has 0 unspecified atom stereocenters. The number of nitrogens with one attached hydrogen (secondary N) is 2. The normalized spacial score (nSPS) is 26.6. The minimum absolute atomic E-state index is 0.0489. The Morgan fingerprint density at radius 1 is 1.19 bits per heavy atom. The maximum Gasteiger partial charge on any atom is 0.272 e. The van der Waals surface area contributed by atoms with Crippen molar-refractivity contribution in [2.45, 2.75) is 38.5 Å². The number of fused-ring (bicyclic) bond motifs is 1. The summed E-state index contributed by atoms with van der Waals surface area (Å²) in [7, 11) is 0. The number of aromatic amines is 1. The first kappa shape index (κ1) is 16.6. The van der Waals surface area contributed by atoms with Crippen molar-refractivity contribution in [1.82, 2.24) is 20.4 Å². The average molecular weight is 381 g/mol. The van der Waals surface area contributed by atoms with Gasteiger partial charge in [0.05, 0.1) is 11.1 Å². The Bertz CT molecular complexity index is 1090. The summed E-state index contributed by atoms with van der Waals surface area (Å²) < 4.78 is 0. The average Bonchev–Trinajstić information content (AvgIpc) is 2.99. The van der Waals surface area contributed by atoms with Crippen LogP contribution in [0.3, 0.4) is 0 Å². The van der Waals surface area contributed by atoms with Gasteiger partial charge in [0, 0.05) is 17.2 Å². The lowest BCUT2D eigenvalue weighted by molar-refractivity contribution is -0.132. The Hall–Kier alpha value is -2.61. The van der Waals surface area contributed by atoms with Crippen LogP contribution >= 0.6 is 11.3 Å². The van der Waals surface area contributed by atoms with Crippen LogP contribution in [0.15, 0.2) is 29.1 Å². The summed E-state index contributed by atoms with van der Waals surface area (Å²) in [5, 5.41) is 20.8. The Balaban J connectivity index is 1.24. The van der Waals surface area contributed by atoms with E-state index in [0.29, 0.717) is 16.4 Å². The van der Waals surface area contributed by atoms with Crippen molar-refractivity contribution in [3.8, 4) is 0 Å². The van der Waals surface area contributed by atoms with E-state index in [1.165, 1.54) is 11.3 Å². The van der Waals surface area contributed by atoms with Crippen LogP contribution in [-0.4, -0.2) is 26.3 Å². The maximum atomic E-state index is 12.4. The zero-order chi connectivity index (χ0) is 18.6. The molecule has 3 aromatic rings. The van der Waals surface area contributed by atoms with E-state index in [2.05, 4.69) is 25.7 Å². The van der Waals surface area contributed by atoms with Crippen molar-refractivity contribution in [3.05, 3.63) is 45.3 Å². The number of carbonyl (C=O) groups excluding carboxylic acids is 1. The lowest BCUT2D eigenvalue weighted by atomic mass is 9.47. The summed E-state index contributed by atoms with van der Waals surface area (Å²) in [5.41, 5.74) is 1.09. The summed E-state index contributed by atoms with van der Waals surface area (Å²) in [6.45, 7) is 1.87. The molecule has 0 aliphatic heterocycles. The van der Waals surface area contributed by atoms with Crippen molar-refractivity contribution < 1.29 is 4.79 Å². The predicted octanol–water partition coefficient (Wildman–Crippen LogP) is 3.00. The van der Waals surface area contributed by atoms with E-state index in [4.69, 9.17) is 0 Å². The third-order valence-corrected chi connectivity index (χ3v) is 6.71.